The van der Waals surface area contributed by atoms with Crippen molar-refractivity contribution in [1.82, 2.24) is 4.90 Å². The molecule has 1 unspecified atom stereocenters. The highest BCUT2D eigenvalue weighted by Crippen LogP contribution is 2.82. The molecule has 0 saturated carbocycles. The van der Waals surface area contributed by atoms with Crippen molar-refractivity contribution < 1.29 is 32.0 Å². The van der Waals surface area contributed by atoms with Gasteiger partial charge >= 0.3 is 15.2 Å². The topological polar surface area (TPSA) is 103 Å². The molecule has 1 spiro atoms. The van der Waals surface area contributed by atoms with Gasteiger partial charge < -0.3 is 23.4 Å². The highest BCUT2D eigenvalue weighted by Gasteiger charge is 2.75. The van der Waals surface area contributed by atoms with Gasteiger partial charge in [-0.05, 0) is 40.8 Å². The van der Waals surface area contributed by atoms with E-state index < -0.39 is 25.6 Å². The van der Waals surface area contributed by atoms with E-state index in [9.17, 15) is 13.9 Å². The van der Waals surface area contributed by atoms with Crippen molar-refractivity contribution in [2.45, 2.75) is 44.6 Å². The van der Waals surface area contributed by atoms with Crippen LogP contribution in [-0.2, 0) is 37.6 Å². The molecular weight excluding hydrogens is 442 g/mol. The molecule has 0 radical (unpaired) electrons. The van der Waals surface area contributed by atoms with Gasteiger partial charge in [0.05, 0.1) is 26.4 Å². The molecule has 1 aromatic rings. The zero-order valence-corrected chi connectivity index (χ0v) is 20.5. The van der Waals surface area contributed by atoms with Gasteiger partial charge in [0.2, 0.25) is 5.91 Å². The van der Waals surface area contributed by atoms with E-state index in [0.717, 1.165) is 5.56 Å². The molecule has 1 fully saturated rings. The van der Waals surface area contributed by atoms with Gasteiger partial charge in [-0.1, -0.05) is 18.2 Å². The molecule has 1 saturated heterocycles. The number of fused-ring (bicyclic) bond motifs is 2. The van der Waals surface area contributed by atoms with Crippen molar-refractivity contribution in [3.05, 3.63) is 29.8 Å². The van der Waals surface area contributed by atoms with Crippen molar-refractivity contribution in [2.24, 2.45) is 0 Å². The predicted octanol–water partition coefficient (Wildman–Crippen LogP) is 4.40. The van der Waals surface area contributed by atoms with E-state index in [1.165, 1.54) is 0 Å². The second-order valence-corrected chi connectivity index (χ2v) is 12.6. The van der Waals surface area contributed by atoms with E-state index in [1.807, 2.05) is 24.3 Å². The summed E-state index contributed by atoms with van der Waals surface area (Å²) in [4.78, 5) is 13.4. The van der Waals surface area contributed by atoms with Crippen LogP contribution in [0.4, 0.5) is 5.69 Å². The van der Waals surface area contributed by atoms with Gasteiger partial charge in [-0.2, -0.15) is 0 Å². The number of hydrogen-bond donors (Lipinski definition) is 1. The van der Waals surface area contributed by atoms with E-state index in [0.29, 0.717) is 5.69 Å². The predicted molar refractivity (Wildman–Crippen MR) is 118 cm³/mol. The number of hydrogen-bond acceptors (Lipinski definition) is 8. The van der Waals surface area contributed by atoms with Crippen LogP contribution in [0.2, 0.25) is 0 Å². The molecule has 0 bridgehead atoms. The third-order valence-electron chi connectivity index (χ3n) is 5.89. The SMILES string of the molecule is CCOP(=O)(OCC)C1(P(=O)(OCC)OCC)CN(C)C2(C1)C(=O)Nc1ccccc12. The average Bonchev–Trinajstić information content (AvgIpc) is 3.20. The lowest BCUT2D eigenvalue weighted by Gasteiger charge is -2.39. The van der Waals surface area contributed by atoms with Crippen molar-refractivity contribution in [3.63, 3.8) is 0 Å². The molecule has 174 valence electrons. The Balaban J connectivity index is 2.28. The van der Waals surface area contributed by atoms with Crippen LogP contribution in [0, 0.1) is 0 Å². The van der Waals surface area contributed by atoms with Crippen molar-refractivity contribution in [1.29, 1.82) is 0 Å². The van der Waals surface area contributed by atoms with Gasteiger partial charge in [0, 0.05) is 24.2 Å². The maximum Gasteiger partial charge on any atom is 0.350 e. The Morgan fingerprint density at radius 2 is 1.42 bits per heavy atom. The van der Waals surface area contributed by atoms with Crippen molar-refractivity contribution >= 4 is 26.8 Å². The second kappa shape index (κ2) is 9.06. The van der Waals surface area contributed by atoms with E-state index in [-0.39, 0.29) is 45.3 Å². The molecule has 2 aliphatic rings. The summed E-state index contributed by atoms with van der Waals surface area (Å²) in [7, 11) is -6.39. The molecule has 9 nitrogen and oxygen atoms in total. The number of amides is 1. The average molecular weight is 474 g/mol. The van der Waals surface area contributed by atoms with E-state index in [2.05, 4.69) is 5.32 Å². The molecule has 1 atom stereocenters. The van der Waals surface area contributed by atoms with Gasteiger partial charge in [-0.25, -0.2) is 0 Å². The Morgan fingerprint density at radius 1 is 0.935 bits per heavy atom. The molecule has 2 aliphatic heterocycles. The molecule has 2 heterocycles. The number of anilines is 1. The van der Waals surface area contributed by atoms with Gasteiger partial charge in [0.1, 0.15) is 5.54 Å². The minimum absolute atomic E-state index is 0.0245. The minimum Gasteiger partial charge on any atom is -0.324 e. The molecule has 0 aliphatic carbocycles. The van der Waals surface area contributed by atoms with Crippen LogP contribution in [0.3, 0.4) is 0 Å². The van der Waals surface area contributed by atoms with Crippen LogP contribution in [0.5, 0.6) is 0 Å². The summed E-state index contributed by atoms with van der Waals surface area (Å²) < 4.78 is 51.5. The van der Waals surface area contributed by atoms with E-state index in [1.54, 1.807) is 39.6 Å². The first-order valence-corrected chi connectivity index (χ1v) is 13.7. The monoisotopic (exact) mass is 474 g/mol. The number of nitrogens with zero attached hydrogens (tertiary/aromatic N) is 1. The van der Waals surface area contributed by atoms with Crippen LogP contribution in [0.1, 0.15) is 39.7 Å². The minimum atomic E-state index is -4.07. The summed E-state index contributed by atoms with van der Waals surface area (Å²) in [6.07, 6.45) is -0.0894. The number of likely N-dealkylation sites (N-methyl/N-ethyl adjacent to an activating group) is 1. The van der Waals surface area contributed by atoms with Crippen molar-refractivity contribution in [2.75, 3.05) is 45.3 Å². The summed E-state index contributed by atoms with van der Waals surface area (Å²) in [5.74, 6) is -0.280. The molecule has 31 heavy (non-hydrogen) atoms. The van der Waals surface area contributed by atoms with Gasteiger partial charge in [-0.3, -0.25) is 18.8 Å². The largest absolute Gasteiger partial charge is 0.350 e. The van der Waals surface area contributed by atoms with E-state index >= 15 is 0 Å². The van der Waals surface area contributed by atoms with E-state index in [4.69, 9.17) is 18.1 Å². The van der Waals surface area contributed by atoms with Crippen LogP contribution < -0.4 is 5.32 Å². The Bertz CT molecular complexity index is 875. The lowest BCUT2D eigenvalue weighted by molar-refractivity contribution is -0.125. The number of nitrogens with one attached hydrogen (secondary N) is 1. The number of benzene rings is 1. The molecular formula is C20H32N2O7P2. The maximum atomic E-state index is 14.3. The number of carbonyl (C=O) groups excluding carboxylic acids is 1. The molecule has 3 rings (SSSR count). The zero-order valence-electron chi connectivity index (χ0n) is 18.8. The number of likely N-dealkylation sites (tertiary alicyclic amines) is 1. The van der Waals surface area contributed by atoms with Crippen LogP contribution in [-0.4, -0.2) is 55.7 Å². The molecule has 11 heteroatoms. The van der Waals surface area contributed by atoms with Crippen LogP contribution >= 0.6 is 15.2 Å². The number of para-hydroxylation sites is 1. The lowest BCUT2D eigenvalue weighted by Crippen LogP contribution is -2.44. The number of rotatable bonds is 10. The first kappa shape index (κ1) is 24.6. The Morgan fingerprint density at radius 3 is 1.90 bits per heavy atom. The second-order valence-electron chi connectivity index (χ2n) is 7.54. The number of carbonyl (C=O) groups is 1. The normalized spacial score (nSPS) is 23.3. The summed E-state index contributed by atoms with van der Waals surface area (Å²) in [5.41, 5.74) is 0.188. The van der Waals surface area contributed by atoms with Gasteiger partial charge in [0.25, 0.3) is 0 Å². The van der Waals surface area contributed by atoms with Crippen LogP contribution in [0.25, 0.3) is 0 Å². The maximum absolute atomic E-state index is 14.3. The standard InChI is InChI=1S/C20H32N2O7P2/c1-6-26-30(24,27-7-2)19(31(25,28-8-3)29-9-4)14-20(22(5)15-19)16-12-10-11-13-17(16)21-18(20)23/h10-13H,6-9,14-15H2,1-5H3,(H,21,23). The molecule has 1 amide bonds. The Labute approximate surface area is 183 Å². The smallest absolute Gasteiger partial charge is 0.324 e. The molecule has 1 aromatic carbocycles. The highest BCUT2D eigenvalue weighted by molar-refractivity contribution is 7.74. The molecule has 1 N–H and O–H groups in total. The highest BCUT2D eigenvalue weighted by atomic mass is 31.2. The van der Waals surface area contributed by atoms with Gasteiger partial charge in [0.15, 0.2) is 4.90 Å². The third-order valence-corrected chi connectivity index (χ3v) is 12.4. The summed E-state index contributed by atoms with van der Waals surface area (Å²) >= 11 is 0. The van der Waals surface area contributed by atoms with Crippen molar-refractivity contribution in [3.8, 4) is 0 Å². The third kappa shape index (κ3) is 3.55. The van der Waals surface area contributed by atoms with Gasteiger partial charge in [-0.15, -0.1) is 0 Å². The Kier molecular flexibility index (Phi) is 7.19. The molecule has 0 aromatic heterocycles. The fourth-order valence-electron chi connectivity index (χ4n) is 4.72. The quantitative estimate of drug-likeness (QED) is 0.498. The first-order valence-electron chi connectivity index (χ1n) is 10.6. The fraction of sp³-hybridized carbons (Fsp3) is 0.650. The Hall–Kier alpha value is -1.05. The van der Waals surface area contributed by atoms with Crippen LogP contribution in [0.15, 0.2) is 24.3 Å². The summed E-state index contributed by atoms with van der Waals surface area (Å²) in [5, 5.41) is 2.91. The first-order chi connectivity index (χ1) is 14.7. The fourth-order valence-corrected chi connectivity index (χ4v) is 10.7. The zero-order chi connectivity index (χ0) is 22.9. The summed E-state index contributed by atoms with van der Waals surface area (Å²) in [6, 6.07) is 7.32. The summed E-state index contributed by atoms with van der Waals surface area (Å²) in [6.45, 7) is 7.06. The lowest BCUT2D eigenvalue weighted by atomic mass is 9.88.